The van der Waals surface area contributed by atoms with Gasteiger partial charge in [-0.05, 0) is 53.2 Å². The van der Waals surface area contributed by atoms with Crippen molar-refractivity contribution in [1.29, 1.82) is 0 Å². The fourth-order valence-electron chi connectivity index (χ4n) is 2.43. The van der Waals surface area contributed by atoms with E-state index in [0.29, 0.717) is 28.4 Å². The van der Waals surface area contributed by atoms with Crippen molar-refractivity contribution in [2.75, 3.05) is 18.4 Å². The van der Waals surface area contributed by atoms with Gasteiger partial charge in [0, 0.05) is 22.9 Å². The minimum Gasteiger partial charge on any atom is -0.207 e. The van der Waals surface area contributed by atoms with Crippen LogP contribution < -0.4 is 0 Å². The van der Waals surface area contributed by atoms with Crippen LogP contribution in [0.15, 0.2) is 33.6 Å². The molecular formula is C13H17Br2NO2S. The molecule has 0 aromatic heterocycles. The molecule has 1 fully saturated rings. The van der Waals surface area contributed by atoms with E-state index in [9.17, 15) is 8.42 Å². The number of benzene rings is 1. The highest BCUT2D eigenvalue weighted by atomic mass is 79.9. The number of hydrogen-bond donors (Lipinski definition) is 0. The first kappa shape index (κ1) is 15.5. The summed E-state index contributed by atoms with van der Waals surface area (Å²) >= 11 is 6.77. The molecule has 1 saturated heterocycles. The first-order chi connectivity index (χ1) is 9.05. The number of nitrogens with zero attached hydrogens (tertiary/aromatic N) is 1. The zero-order valence-electron chi connectivity index (χ0n) is 10.6. The highest BCUT2D eigenvalue weighted by Crippen LogP contribution is 2.29. The zero-order chi connectivity index (χ0) is 13.9. The lowest BCUT2D eigenvalue weighted by atomic mass is 9.97. The van der Waals surface area contributed by atoms with Crippen LogP contribution in [0.3, 0.4) is 0 Å². The molecule has 0 bridgehead atoms. The van der Waals surface area contributed by atoms with Gasteiger partial charge in [0.1, 0.15) is 0 Å². The third-order valence-corrected chi connectivity index (χ3v) is 6.79. The van der Waals surface area contributed by atoms with Gasteiger partial charge in [0.15, 0.2) is 0 Å². The maximum Gasteiger partial charge on any atom is 0.244 e. The third-order valence-electron chi connectivity index (χ3n) is 3.45. The molecule has 0 spiro atoms. The summed E-state index contributed by atoms with van der Waals surface area (Å²) in [6.07, 6.45) is 3.09. The lowest BCUT2D eigenvalue weighted by molar-refractivity contribution is 0.263. The normalized spacial score (nSPS) is 21.5. The molecule has 1 heterocycles. The Balaban J connectivity index is 2.22. The summed E-state index contributed by atoms with van der Waals surface area (Å²) < 4.78 is 27.5. The number of piperidine rings is 1. The molecule has 0 N–H and O–H groups in total. The van der Waals surface area contributed by atoms with E-state index in [2.05, 4.69) is 31.9 Å². The van der Waals surface area contributed by atoms with E-state index in [4.69, 9.17) is 0 Å². The number of rotatable bonds is 4. The van der Waals surface area contributed by atoms with E-state index in [1.165, 1.54) is 0 Å². The van der Waals surface area contributed by atoms with Crippen molar-refractivity contribution in [3.05, 3.63) is 28.7 Å². The Kier molecular flexibility index (Phi) is 5.45. The minimum absolute atomic E-state index is 0.370. The molecule has 19 heavy (non-hydrogen) atoms. The summed E-state index contributed by atoms with van der Waals surface area (Å²) in [6, 6.07) is 7.02. The van der Waals surface area contributed by atoms with E-state index in [-0.39, 0.29) is 0 Å². The maximum atomic E-state index is 12.6. The van der Waals surface area contributed by atoms with Crippen LogP contribution in [0.1, 0.15) is 19.3 Å². The smallest absolute Gasteiger partial charge is 0.207 e. The Morgan fingerprint density at radius 3 is 2.74 bits per heavy atom. The molecule has 0 saturated carbocycles. The van der Waals surface area contributed by atoms with Crippen molar-refractivity contribution < 1.29 is 8.42 Å². The average Bonchev–Trinajstić information content (AvgIpc) is 2.40. The molecule has 3 nitrogen and oxygen atoms in total. The SMILES string of the molecule is O=S(=O)(c1ccccc1Br)N1CCCC(CCBr)C1. The quantitative estimate of drug-likeness (QED) is 0.710. The van der Waals surface area contributed by atoms with Gasteiger partial charge in [0.2, 0.25) is 10.0 Å². The second-order valence-electron chi connectivity index (χ2n) is 4.78. The molecule has 6 heteroatoms. The summed E-state index contributed by atoms with van der Waals surface area (Å²) in [5.74, 6) is 0.463. The second-order valence-corrected chi connectivity index (χ2v) is 8.33. The van der Waals surface area contributed by atoms with Gasteiger partial charge < -0.3 is 0 Å². The van der Waals surface area contributed by atoms with E-state index in [1.54, 1.807) is 22.5 Å². The zero-order valence-corrected chi connectivity index (χ0v) is 14.5. The Hall–Kier alpha value is 0.0900. The van der Waals surface area contributed by atoms with Gasteiger partial charge in [0.05, 0.1) is 4.90 Å². The fraction of sp³-hybridized carbons (Fsp3) is 0.538. The summed E-state index contributed by atoms with van der Waals surface area (Å²) in [5.41, 5.74) is 0. The molecule has 0 amide bonds. The van der Waals surface area contributed by atoms with Gasteiger partial charge in [-0.3, -0.25) is 0 Å². The largest absolute Gasteiger partial charge is 0.244 e. The molecule has 2 rings (SSSR count). The molecule has 1 aromatic carbocycles. The van der Waals surface area contributed by atoms with Crippen molar-refractivity contribution in [3.63, 3.8) is 0 Å². The van der Waals surface area contributed by atoms with Gasteiger partial charge in [-0.2, -0.15) is 4.31 Å². The van der Waals surface area contributed by atoms with E-state index in [0.717, 1.165) is 24.6 Å². The van der Waals surface area contributed by atoms with Crippen LogP contribution in [0.2, 0.25) is 0 Å². The average molecular weight is 411 g/mol. The minimum atomic E-state index is -3.37. The molecule has 1 atom stereocenters. The molecule has 1 unspecified atom stereocenters. The maximum absolute atomic E-state index is 12.6. The van der Waals surface area contributed by atoms with Crippen LogP contribution >= 0.6 is 31.9 Å². The Bertz CT molecular complexity index is 531. The molecule has 1 aliphatic heterocycles. The van der Waals surface area contributed by atoms with Gasteiger partial charge >= 0.3 is 0 Å². The second kappa shape index (κ2) is 6.70. The van der Waals surface area contributed by atoms with Gasteiger partial charge in [-0.25, -0.2) is 8.42 Å². The Morgan fingerprint density at radius 2 is 2.05 bits per heavy atom. The molecular weight excluding hydrogens is 394 g/mol. The highest BCUT2D eigenvalue weighted by Gasteiger charge is 2.30. The summed E-state index contributed by atoms with van der Waals surface area (Å²) in [6.45, 7) is 1.26. The van der Waals surface area contributed by atoms with Gasteiger partial charge in [-0.15, -0.1) is 0 Å². The van der Waals surface area contributed by atoms with Crippen molar-refractivity contribution in [3.8, 4) is 0 Å². The van der Waals surface area contributed by atoms with Crippen molar-refractivity contribution in [1.82, 2.24) is 4.31 Å². The van der Waals surface area contributed by atoms with Crippen LogP contribution in [0.4, 0.5) is 0 Å². The first-order valence-electron chi connectivity index (χ1n) is 6.36. The van der Waals surface area contributed by atoms with Crippen LogP contribution in [-0.4, -0.2) is 31.1 Å². The van der Waals surface area contributed by atoms with E-state index >= 15 is 0 Å². The van der Waals surface area contributed by atoms with Crippen molar-refractivity contribution >= 4 is 41.9 Å². The van der Waals surface area contributed by atoms with Crippen molar-refractivity contribution in [2.45, 2.75) is 24.2 Å². The van der Waals surface area contributed by atoms with Crippen molar-refractivity contribution in [2.24, 2.45) is 5.92 Å². The molecule has 1 aliphatic rings. The van der Waals surface area contributed by atoms with Crippen LogP contribution in [-0.2, 0) is 10.0 Å². The lowest BCUT2D eigenvalue weighted by Gasteiger charge is -2.31. The Labute approximate surface area is 131 Å². The van der Waals surface area contributed by atoms with E-state index in [1.807, 2.05) is 6.07 Å². The van der Waals surface area contributed by atoms with Crippen LogP contribution in [0, 0.1) is 5.92 Å². The van der Waals surface area contributed by atoms with E-state index < -0.39 is 10.0 Å². The van der Waals surface area contributed by atoms with Crippen LogP contribution in [0.5, 0.6) is 0 Å². The molecule has 0 aliphatic carbocycles. The number of alkyl halides is 1. The fourth-order valence-corrected chi connectivity index (χ4v) is 5.59. The predicted molar refractivity (Wildman–Crippen MR) is 84.0 cm³/mol. The highest BCUT2D eigenvalue weighted by molar-refractivity contribution is 9.10. The predicted octanol–water partition coefficient (Wildman–Crippen LogP) is 3.63. The standard InChI is InChI=1S/C13H17Br2NO2S/c14-8-7-11-4-3-9-16(10-11)19(17,18)13-6-2-1-5-12(13)15/h1-2,5-6,11H,3-4,7-10H2. The number of halogens is 2. The summed E-state index contributed by atoms with van der Waals surface area (Å²) in [4.78, 5) is 0.370. The topological polar surface area (TPSA) is 37.4 Å². The first-order valence-corrected chi connectivity index (χ1v) is 9.72. The van der Waals surface area contributed by atoms with Gasteiger partial charge in [-0.1, -0.05) is 28.1 Å². The monoisotopic (exact) mass is 409 g/mol. The Morgan fingerprint density at radius 1 is 1.32 bits per heavy atom. The van der Waals surface area contributed by atoms with Crippen LogP contribution in [0.25, 0.3) is 0 Å². The van der Waals surface area contributed by atoms with Gasteiger partial charge in [0.25, 0.3) is 0 Å². The summed E-state index contributed by atoms with van der Waals surface area (Å²) in [5, 5.41) is 0.931. The number of sulfonamides is 1. The summed E-state index contributed by atoms with van der Waals surface area (Å²) in [7, 11) is -3.37. The molecule has 1 aromatic rings. The number of hydrogen-bond acceptors (Lipinski definition) is 2. The molecule has 0 radical (unpaired) electrons. The lowest BCUT2D eigenvalue weighted by Crippen LogP contribution is -2.40. The third kappa shape index (κ3) is 3.60. The molecule has 106 valence electrons.